The van der Waals surface area contributed by atoms with Crippen molar-refractivity contribution in [3.63, 3.8) is 0 Å². The smallest absolute Gasteiger partial charge is 0.211 e. The van der Waals surface area contributed by atoms with Gasteiger partial charge in [0.15, 0.2) is 0 Å². The second kappa shape index (κ2) is 5.54. The van der Waals surface area contributed by atoms with Gasteiger partial charge in [-0.2, -0.15) is 0 Å². The molecule has 124 valence electrons. The Bertz CT molecular complexity index is 819. The van der Waals surface area contributed by atoms with E-state index in [2.05, 4.69) is 15.2 Å². The van der Waals surface area contributed by atoms with Gasteiger partial charge in [-0.15, -0.1) is 0 Å². The van der Waals surface area contributed by atoms with E-state index in [4.69, 9.17) is 4.63 Å². The number of benzene rings is 1. The normalized spacial score (nSPS) is 26.7. The SMILES string of the molecule is CS(=O)(=O)N1CC2CCC(C1)N(Cc1cccc3nonc13)C2. The fraction of sp³-hybridized carbons (Fsp3) is 0.600. The number of rotatable bonds is 3. The van der Waals surface area contributed by atoms with Gasteiger partial charge in [0, 0.05) is 32.2 Å². The Morgan fingerprint density at radius 3 is 2.91 bits per heavy atom. The van der Waals surface area contributed by atoms with Gasteiger partial charge in [-0.25, -0.2) is 17.4 Å². The van der Waals surface area contributed by atoms with Gasteiger partial charge in [0.2, 0.25) is 10.0 Å². The van der Waals surface area contributed by atoms with E-state index in [1.54, 1.807) is 4.31 Å². The molecule has 0 saturated carbocycles. The molecule has 2 atom stereocenters. The molecule has 0 radical (unpaired) electrons. The molecule has 0 N–H and O–H groups in total. The molecule has 1 aromatic heterocycles. The maximum Gasteiger partial charge on any atom is 0.211 e. The Balaban J connectivity index is 1.60. The van der Waals surface area contributed by atoms with Crippen LogP contribution in [0, 0.1) is 5.92 Å². The first-order chi connectivity index (χ1) is 11.0. The van der Waals surface area contributed by atoms with E-state index in [9.17, 15) is 8.42 Å². The number of nitrogens with zero attached hydrogens (tertiary/aromatic N) is 4. The van der Waals surface area contributed by atoms with Crippen LogP contribution in [0.25, 0.3) is 11.0 Å². The predicted molar refractivity (Wildman–Crippen MR) is 85.1 cm³/mol. The van der Waals surface area contributed by atoms with E-state index in [-0.39, 0.29) is 6.04 Å². The lowest BCUT2D eigenvalue weighted by Crippen LogP contribution is -2.43. The van der Waals surface area contributed by atoms with Crippen LogP contribution in [0.5, 0.6) is 0 Å². The van der Waals surface area contributed by atoms with Crippen molar-refractivity contribution < 1.29 is 13.0 Å². The predicted octanol–water partition coefficient (Wildman–Crippen LogP) is 1.08. The van der Waals surface area contributed by atoms with Crippen molar-refractivity contribution in [3.8, 4) is 0 Å². The lowest BCUT2D eigenvalue weighted by atomic mass is 9.94. The second-order valence-corrected chi connectivity index (χ2v) is 8.64. The standard InChI is InChI=1S/C15H20N4O3S/c1-23(20,21)19-8-11-5-6-13(10-19)18(7-11)9-12-3-2-4-14-15(12)17-22-16-14/h2-4,11,13H,5-10H2,1H3. The third-order valence-electron chi connectivity index (χ3n) is 5.01. The Kier molecular flexibility index (Phi) is 3.62. The van der Waals surface area contributed by atoms with E-state index >= 15 is 0 Å². The Labute approximate surface area is 135 Å². The molecule has 8 heteroatoms. The monoisotopic (exact) mass is 336 g/mol. The van der Waals surface area contributed by atoms with Gasteiger partial charge < -0.3 is 0 Å². The van der Waals surface area contributed by atoms with Crippen molar-refractivity contribution in [2.45, 2.75) is 25.4 Å². The average Bonchev–Trinajstić information content (AvgIpc) is 2.79. The minimum atomic E-state index is -3.13. The van der Waals surface area contributed by atoms with Crippen molar-refractivity contribution in [2.24, 2.45) is 5.92 Å². The first-order valence-electron chi connectivity index (χ1n) is 7.90. The highest BCUT2D eigenvalue weighted by molar-refractivity contribution is 7.88. The van der Waals surface area contributed by atoms with Gasteiger partial charge in [-0.3, -0.25) is 4.90 Å². The minimum absolute atomic E-state index is 0.263. The maximum absolute atomic E-state index is 11.9. The molecule has 7 nitrogen and oxygen atoms in total. The van der Waals surface area contributed by atoms with Gasteiger partial charge in [-0.1, -0.05) is 12.1 Å². The van der Waals surface area contributed by atoms with E-state index in [1.165, 1.54) is 6.26 Å². The van der Waals surface area contributed by atoms with Crippen molar-refractivity contribution in [2.75, 3.05) is 25.9 Å². The van der Waals surface area contributed by atoms with Gasteiger partial charge >= 0.3 is 0 Å². The Morgan fingerprint density at radius 1 is 1.22 bits per heavy atom. The highest BCUT2D eigenvalue weighted by atomic mass is 32.2. The Hall–Kier alpha value is -1.51. The summed E-state index contributed by atoms with van der Waals surface area (Å²) in [5.74, 6) is 0.401. The molecule has 4 heterocycles. The lowest BCUT2D eigenvalue weighted by Gasteiger charge is -2.36. The first kappa shape index (κ1) is 15.0. The molecule has 3 saturated heterocycles. The third kappa shape index (κ3) is 2.86. The van der Waals surface area contributed by atoms with Gasteiger partial charge in [0.05, 0.1) is 6.26 Å². The zero-order valence-electron chi connectivity index (χ0n) is 13.1. The number of sulfonamides is 1. The molecule has 1 aromatic carbocycles. The summed E-state index contributed by atoms with van der Waals surface area (Å²) < 4.78 is 30.4. The van der Waals surface area contributed by atoms with Crippen molar-refractivity contribution in [1.82, 2.24) is 19.5 Å². The van der Waals surface area contributed by atoms with E-state index in [1.807, 2.05) is 18.2 Å². The van der Waals surface area contributed by atoms with Crippen LogP contribution in [-0.2, 0) is 16.6 Å². The zero-order chi connectivity index (χ0) is 16.0. The summed E-state index contributed by atoms with van der Waals surface area (Å²) in [6, 6.07) is 6.15. The summed E-state index contributed by atoms with van der Waals surface area (Å²) in [4.78, 5) is 2.39. The number of fused-ring (bicyclic) bond motifs is 5. The molecule has 0 aliphatic carbocycles. The highest BCUT2D eigenvalue weighted by Crippen LogP contribution is 2.31. The third-order valence-corrected chi connectivity index (χ3v) is 6.24. The number of hydrogen-bond donors (Lipinski definition) is 0. The van der Waals surface area contributed by atoms with E-state index in [0.29, 0.717) is 19.0 Å². The maximum atomic E-state index is 11.9. The fourth-order valence-electron chi connectivity index (χ4n) is 3.81. The van der Waals surface area contributed by atoms with Gasteiger partial charge in [0.1, 0.15) is 11.0 Å². The molecule has 2 aromatic rings. The number of piperidine rings is 1. The van der Waals surface area contributed by atoms with Gasteiger partial charge in [-0.05, 0) is 40.7 Å². The van der Waals surface area contributed by atoms with Crippen LogP contribution >= 0.6 is 0 Å². The summed E-state index contributed by atoms with van der Waals surface area (Å²) >= 11 is 0. The molecule has 0 amide bonds. The minimum Gasteiger partial charge on any atom is -0.294 e. The molecule has 3 aliphatic heterocycles. The molecule has 23 heavy (non-hydrogen) atoms. The van der Waals surface area contributed by atoms with Crippen LogP contribution < -0.4 is 0 Å². The molecule has 0 spiro atoms. The van der Waals surface area contributed by atoms with Crippen LogP contribution in [0.15, 0.2) is 22.8 Å². The molecular formula is C15H20N4O3S. The summed E-state index contributed by atoms with van der Waals surface area (Å²) in [5.41, 5.74) is 2.65. The van der Waals surface area contributed by atoms with Crippen LogP contribution in [0.3, 0.4) is 0 Å². The molecule has 3 aliphatic rings. The highest BCUT2D eigenvalue weighted by Gasteiger charge is 2.37. The summed E-state index contributed by atoms with van der Waals surface area (Å²) in [7, 11) is -3.13. The fourth-order valence-corrected chi connectivity index (χ4v) is 4.73. The first-order valence-corrected chi connectivity index (χ1v) is 9.75. The van der Waals surface area contributed by atoms with Gasteiger partial charge in [0.25, 0.3) is 0 Å². The van der Waals surface area contributed by atoms with Crippen LogP contribution in [0.1, 0.15) is 18.4 Å². The topological polar surface area (TPSA) is 79.5 Å². The summed E-state index contributed by atoms with van der Waals surface area (Å²) in [6.45, 7) is 2.91. The summed E-state index contributed by atoms with van der Waals surface area (Å²) in [5, 5.41) is 7.90. The zero-order valence-corrected chi connectivity index (χ0v) is 13.9. The quantitative estimate of drug-likeness (QED) is 0.834. The molecule has 2 unspecified atom stereocenters. The molecule has 2 bridgehead atoms. The van der Waals surface area contributed by atoms with E-state index < -0.39 is 10.0 Å². The van der Waals surface area contributed by atoms with Crippen molar-refractivity contribution >= 4 is 21.1 Å². The van der Waals surface area contributed by atoms with Crippen molar-refractivity contribution in [1.29, 1.82) is 0 Å². The van der Waals surface area contributed by atoms with Crippen molar-refractivity contribution in [3.05, 3.63) is 23.8 Å². The second-order valence-electron chi connectivity index (χ2n) is 6.66. The number of hydrogen-bond acceptors (Lipinski definition) is 6. The van der Waals surface area contributed by atoms with E-state index in [0.717, 1.165) is 42.5 Å². The van der Waals surface area contributed by atoms with Crippen LogP contribution in [0.4, 0.5) is 0 Å². The molecular weight excluding hydrogens is 316 g/mol. The largest absolute Gasteiger partial charge is 0.294 e. The average molecular weight is 336 g/mol. The molecule has 5 rings (SSSR count). The Morgan fingerprint density at radius 2 is 2.09 bits per heavy atom. The summed E-state index contributed by atoms with van der Waals surface area (Å²) in [6.07, 6.45) is 3.45. The number of aromatic nitrogens is 2. The lowest BCUT2D eigenvalue weighted by molar-refractivity contribution is 0.125. The molecule has 3 fully saturated rings. The van der Waals surface area contributed by atoms with Crippen LogP contribution in [0.2, 0.25) is 0 Å². The van der Waals surface area contributed by atoms with Crippen LogP contribution in [-0.4, -0.2) is 59.9 Å².